The first-order valence-electron chi connectivity index (χ1n) is 8.82. The maximum absolute atomic E-state index is 12.2. The second kappa shape index (κ2) is 7.99. The third kappa shape index (κ3) is 4.20. The van der Waals surface area contributed by atoms with E-state index in [1.54, 1.807) is 12.1 Å². The van der Waals surface area contributed by atoms with Crippen LogP contribution in [0.25, 0.3) is 0 Å². The minimum atomic E-state index is -0.525. The molecule has 1 amide bonds. The number of nitrogens with one attached hydrogen (secondary N) is 1. The van der Waals surface area contributed by atoms with Gasteiger partial charge in [0.05, 0.1) is 11.0 Å². The Balaban J connectivity index is 1.59. The molecular weight excluding hydrogens is 332 g/mol. The molecule has 6 heteroatoms. The molecule has 0 fully saturated rings. The normalized spacial score (nSPS) is 14.2. The summed E-state index contributed by atoms with van der Waals surface area (Å²) < 4.78 is 5.33. The largest absolute Gasteiger partial charge is 0.477 e. The minimum Gasteiger partial charge on any atom is -0.477 e. The molecule has 2 aromatic carbocycles. The lowest BCUT2D eigenvalue weighted by Crippen LogP contribution is -2.31. The summed E-state index contributed by atoms with van der Waals surface area (Å²) in [6.45, 7) is 1.66. The number of fused-ring (bicyclic) bond motifs is 1. The van der Waals surface area contributed by atoms with Gasteiger partial charge in [0.1, 0.15) is 0 Å². The van der Waals surface area contributed by atoms with Crippen LogP contribution in [0.1, 0.15) is 42.5 Å². The molecule has 0 unspecified atom stereocenters. The smallest absolute Gasteiger partial charge is 0.310 e. The topological polar surface area (TPSA) is 81.5 Å². The average molecular weight is 354 g/mol. The van der Waals surface area contributed by atoms with Crippen molar-refractivity contribution in [3.8, 4) is 5.75 Å². The Morgan fingerprint density at radius 1 is 1.19 bits per heavy atom. The molecule has 0 spiro atoms. The molecule has 0 saturated carbocycles. The van der Waals surface area contributed by atoms with Crippen LogP contribution in [0.4, 0.5) is 5.69 Å². The first-order valence-corrected chi connectivity index (χ1v) is 8.82. The number of benzene rings is 2. The van der Waals surface area contributed by atoms with E-state index in [9.17, 15) is 14.9 Å². The Morgan fingerprint density at radius 3 is 2.69 bits per heavy atom. The predicted molar refractivity (Wildman–Crippen MR) is 98.2 cm³/mol. The number of nitro benzene ring substituents is 1. The molecule has 0 saturated heterocycles. The highest BCUT2D eigenvalue weighted by atomic mass is 16.6. The third-order valence-corrected chi connectivity index (χ3v) is 4.67. The first-order chi connectivity index (χ1) is 12.5. The van der Waals surface area contributed by atoms with Crippen molar-refractivity contribution in [2.75, 3.05) is 6.61 Å². The van der Waals surface area contributed by atoms with E-state index in [-0.39, 0.29) is 30.0 Å². The van der Waals surface area contributed by atoms with Crippen molar-refractivity contribution in [1.82, 2.24) is 5.32 Å². The van der Waals surface area contributed by atoms with Gasteiger partial charge in [-0.05, 0) is 55.4 Å². The van der Waals surface area contributed by atoms with Crippen molar-refractivity contribution >= 4 is 11.6 Å². The number of amides is 1. The van der Waals surface area contributed by atoms with Gasteiger partial charge in [0.25, 0.3) is 5.91 Å². The van der Waals surface area contributed by atoms with Crippen molar-refractivity contribution in [2.45, 2.75) is 38.6 Å². The Morgan fingerprint density at radius 2 is 1.92 bits per heavy atom. The van der Waals surface area contributed by atoms with Crippen molar-refractivity contribution in [2.24, 2.45) is 0 Å². The van der Waals surface area contributed by atoms with Crippen molar-refractivity contribution in [3.05, 3.63) is 69.3 Å². The van der Waals surface area contributed by atoms with Gasteiger partial charge in [-0.1, -0.05) is 30.3 Å². The monoisotopic (exact) mass is 354 g/mol. The number of aryl methyl sites for hydroxylation is 2. The molecule has 0 radical (unpaired) electrons. The number of nitrogens with zero attached hydrogens (tertiary/aromatic N) is 1. The third-order valence-electron chi connectivity index (χ3n) is 4.67. The number of nitro groups is 1. The SMILES string of the molecule is C[C@H](NC(=O)COc1ccccc1[N+](=O)[O-])c1ccc2c(c1)CCCC2. The fourth-order valence-corrected chi connectivity index (χ4v) is 3.26. The number of hydrogen-bond acceptors (Lipinski definition) is 4. The van der Waals surface area contributed by atoms with Gasteiger partial charge in [0.15, 0.2) is 12.4 Å². The first kappa shape index (κ1) is 17.9. The quantitative estimate of drug-likeness (QED) is 0.633. The van der Waals surface area contributed by atoms with Crippen LogP contribution in [-0.4, -0.2) is 17.4 Å². The molecule has 1 N–H and O–H groups in total. The van der Waals surface area contributed by atoms with Crippen molar-refractivity contribution < 1.29 is 14.5 Å². The molecule has 1 aliphatic carbocycles. The molecular formula is C20H22N2O4. The van der Waals surface area contributed by atoms with Gasteiger partial charge in [0, 0.05) is 6.07 Å². The van der Waals surface area contributed by atoms with Crippen LogP contribution >= 0.6 is 0 Å². The lowest BCUT2D eigenvalue weighted by Gasteiger charge is -2.20. The standard InChI is InChI=1S/C20H22N2O4/c1-14(16-11-10-15-6-2-3-7-17(15)12-16)21-20(23)13-26-19-9-5-4-8-18(19)22(24)25/h4-5,8-12,14H,2-3,6-7,13H2,1H3,(H,21,23)/t14-/m0/s1. The van der Waals surface area contributed by atoms with E-state index in [1.165, 1.54) is 36.1 Å². The van der Waals surface area contributed by atoms with Crippen LogP contribution in [0, 0.1) is 10.1 Å². The zero-order chi connectivity index (χ0) is 18.5. The van der Waals surface area contributed by atoms with E-state index in [0.717, 1.165) is 18.4 Å². The highest BCUT2D eigenvalue weighted by molar-refractivity contribution is 5.78. The summed E-state index contributed by atoms with van der Waals surface area (Å²) in [6.07, 6.45) is 4.66. The summed E-state index contributed by atoms with van der Waals surface area (Å²) >= 11 is 0. The van der Waals surface area contributed by atoms with Crippen LogP contribution in [-0.2, 0) is 17.6 Å². The zero-order valence-corrected chi connectivity index (χ0v) is 14.7. The van der Waals surface area contributed by atoms with Crippen LogP contribution in [0.5, 0.6) is 5.75 Å². The summed E-state index contributed by atoms with van der Waals surface area (Å²) in [5.74, 6) is -0.220. The van der Waals surface area contributed by atoms with Gasteiger partial charge in [0.2, 0.25) is 0 Å². The predicted octanol–water partition coefficient (Wildman–Crippen LogP) is 3.73. The van der Waals surface area contributed by atoms with Gasteiger partial charge >= 0.3 is 5.69 Å². The average Bonchev–Trinajstić information content (AvgIpc) is 2.66. The van der Waals surface area contributed by atoms with Gasteiger partial charge in [-0.15, -0.1) is 0 Å². The highest BCUT2D eigenvalue weighted by Crippen LogP contribution is 2.26. The van der Waals surface area contributed by atoms with Gasteiger partial charge < -0.3 is 10.1 Å². The maximum Gasteiger partial charge on any atom is 0.310 e. The number of hydrogen-bond donors (Lipinski definition) is 1. The number of ether oxygens (including phenoxy) is 1. The molecule has 2 aromatic rings. The van der Waals surface area contributed by atoms with Crippen LogP contribution in [0.3, 0.4) is 0 Å². The van der Waals surface area contributed by atoms with E-state index in [1.807, 2.05) is 6.92 Å². The van der Waals surface area contributed by atoms with Gasteiger partial charge in [-0.2, -0.15) is 0 Å². The van der Waals surface area contributed by atoms with E-state index in [4.69, 9.17) is 4.74 Å². The van der Waals surface area contributed by atoms with Crippen molar-refractivity contribution in [1.29, 1.82) is 0 Å². The number of rotatable bonds is 6. The van der Waals surface area contributed by atoms with Gasteiger partial charge in [-0.3, -0.25) is 14.9 Å². The van der Waals surface area contributed by atoms with Crippen LogP contribution in [0.2, 0.25) is 0 Å². The number of carbonyl (C=O) groups excluding carboxylic acids is 1. The van der Waals surface area contributed by atoms with Crippen LogP contribution < -0.4 is 10.1 Å². The summed E-state index contributed by atoms with van der Waals surface area (Å²) in [7, 11) is 0. The lowest BCUT2D eigenvalue weighted by molar-refractivity contribution is -0.385. The minimum absolute atomic E-state index is 0.0917. The molecule has 26 heavy (non-hydrogen) atoms. The molecule has 3 rings (SSSR count). The molecule has 1 aliphatic rings. The fraction of sp³-hybridized carbons (Fsp3) is 0.350. The maximum atomic E-state index is 12.2. The molecule has 0 aromatic heterocycles. The summed E-state index contributed by atoms with van der Waals surface area (Å²) in [6, 6.07) is 12.3. The Hall–Kier alpha value is -2.89. The lowest BCUT2D eigenvalue weighted by atomic mass is 9.89. The fourth-order valence-electron chi connectivity index (χ4n) is 3.26. The van der Waals surface area contributed by atoms with E-state index in [0.29, 0.717) is 0 Å². The molecule has 0 heterocycles. The molecule has 0 bridgehead atoms. The van der Waals surface area contributed by atoms with Gasteiger partial charge in [-0.25, -0.2) is 0 Å². The summed E-state index contributed by atoms with van der Waals surface area (Å²) in [5.41, 5.74) is 3.68. The second-order valence-corrected chi connectivity index (χ2v) is 6.54. The Bertz CT molecular complexity index is 819. The molecule has 136 valence electrons. The van der Waals surface area contributed by atoms with E-state index >= 15 is 0 Å². The Kier molecular flexibility index (Phi) is 5.51. The summed E-state index contributed by atoms with van der Waals surface area (Å²) in [5, 5.41) is 13.9. The highest BCUT2D eigenvalue weighted by Gasteiger charge is 2.17. The molecule has 6 nitrogen and oxygen atoms in total. The number of para-hydroxylation sites is 2. The Labute approximate surface area is 152 Å². The molecule has 0 aliphatic heterocycles. The summed E-state index contributed by atoms with van der Waals surface area (Å²) in [4.78, 5) is 22.6. The van der Waals surface area contributed by atoms with Crippen LogP contribution in [0.15, 0.2) is 42.5 Å². The molecule has 1 atom stereocenters. The van der Waals surface area contributed by atoms with E-state index < -0.39 is 4.92 Å². The van der Waals surface area contributed by atoms with Crippen molar-refractivity contribution in [3.63, 3.8) is 0 Å². The number of carbonyl (C=O) groups is 1. The zero-order valence-electron chi connectivity index (χ0n) is 14.7. The van der Waals surface area contributed by atoms with E-state index in [2.05, 4.69) is 23.5 Å². The second-order valence-electron chi connectivity index (χ2n) is 6.54.